The number of hydrogen-bond acceptors (Lipinski definition) is 8. The Hall–Kier alpha value is -4.41. The number of amides is 2. The Morgan fingerprint density at radius 3 is 2.53 bits per heavy atom. The van der Waals surface area contributed by atoms with Gasteiger partial charge in [-0.15, -0.1) is 10.2 Å². The van der Waals surface area contributed by atoms with Crippen LogP contribution >= 0.6 is 0 Å². The van der Waals surface area contributed by atoms with Crippen molar-refractivity contribution in [2.24, 2.45) is 0 Å². The fraction of sp³-hybridized carbons (Fsp3) is 0.370. The molecule has 0 radical (unpaired) electrons. The van der Waals surface area contributed by atoms with Crippen LogP contribution in [-0.4, -0.2) is 50.1 Å². The number of ether oxygens (including phenoxy) is 1. The number of hydrogen-bond donors (Lipinski definition) is 1. The predicted molar refractivity (Wildman–Crippen MR) is 136 cm³/mol. The summed E-state index contributed by atoms with van der Waals surface area (Å²) in [6.45, 7) is -0.160. The molecular weight excluding hydrogens is 488 g/mol. The number of nitrogens with one attached hydrogen (secondary N) is 1. The number of carbonyl (C=O) groups is 2. The molecule has 11 nitrogen and oxygen atoms in total. The van der Waals surface area contributed by atoms with Gasteiger partial charge in [0.2, 0.25) is 11.7 Å². The molecule has 198 valence electrons. The Labute approximate surface area is 219 Å². The van der Waals surface area contributed by atoms with Crippen LogP contribution in [0.2, 0.25) is 0 Å². The van der Waals surface area contributed by atoms with Gasteiger partial charge >= 0.3 is 0 Å². The molecule has 0 spiro atoms. The zero-order valence-corrected chi connectivity index (χ0v) is 21.2. The van der Waals surface area contributed by atoms with Crippen molar-refractivity contribution in [1.29, 1.82) is 0 Å². The fourth-order valence-corrected chi connectivity index (χ4v) is 4.67. The minimum atomic E-state index is -0.992. The van der Waals surface area contributed by atoms with Gasteiger partial charge in [0.25, 0.3) is 5.91 Å². The molecule has 1 fully saturated rings. The van der Waals surface area contributed by atoms with Crippen molar-refractivity contribution in [2.75, 3.05) is 7.11 Å². The maximum Gasteiger partial charge on any atom is 0.250 e. The van der Waals surface area contributed by atoms with Gasteiger partial charge < -0.3 is 23.8 Å². The molecule has 38 heavy (non-hydrogen) atoms. The molecule has 0 aliphatic heterocycles. The van der Waals surface area contributed by atoms with Crippen molar-refractivity contribution >= 4 is 11.8 Å². The molecular formula is C27H30N6O5. The van der Waals surface area contributed by atoms with E-state index in [2.05, 4.69) is 20.7 Å². The molecule has 1 aliphatic carbocycles. The largest absolute Gasteiger partial charge is 0.497 e. The Bertz CT molecular complexity index is 1310. The van der Waals surface area contributed by atoms with E-state index in [1.807, 2.05) is 12.1 Å². The van der Waals surface area contributed by atoms with Crippen LogP contribution in [0.15, 0.2) is 69.9 Å². The number of furan rings is 2. The molecule has 1 N–H and O–H groups in total. The van der Waals surface area contributed by atoms with Crippen molar-refractivity contribution in [3.05, 3.63) is 72.6 Å². The number of tetrazole rings is 1. The number of benzene rings is 1. The Morgan fingerprint density at radius 2 is 1.84 bits per heavy atom. The summed E-state index contributed by atoms with van der Waals surface area (Å²) in [5.41, 5.74) is 0.734. The molecule has 1 unspecified atom stereocenters. The second-order valence-electron chi connectivity index (χ2n) is 9.23. The first kappa shape index (κ1) is 25.2. The molecule has 5 rings (SSSR count). The maximum atomic E-state index is 13.7. The van der Waals surface area contributed by atoms with Crippen LogP contribution in [0.25, 0.3) is 11.4 Å². The summed E-state index contributed by atoms with van der Waals surface area (Å²) in [4.78, 5) is 30.0. The Kier molecular flexibility index (Phi) is 7.81. The zero-order valence-electron chi connectivity index (χ0n) is 21.2. The van der Waals surface area contributed by atoms with Gasteiger partial charge in [0.1, 0.15) is 23.8 Å². The van der Waals surface area contributed by atoms with Gasteiger partial charge in [-0.2, -0.15) is 4.80 Å². The summed E-state index contributed by atoms with van der Waals surface area (Å²) in [5.74, 6) is 1.29. The lowest BCUT2D eigenvalue weighted by Crippen LogP contribution is -2.47. The number of rotatable bonds is 10. The molecule has 0 saturated heterocycles. The quantitative estimate of drug-likeness (QED) is 0.336. The lowest BCUT2D eigenvalue weighted by atomic mass is 9.95. The SMILES string of the molecule is COc1ccc(-c2nnn(CC(=O)N(Cc3ccco3)C(C(=O)NC3CCCCC3)c3ccco3)n2)cc1. The van der Waals surface area contributed by atoms with Gasteiger partial charge in [-0.1, -0.05) is 19.3 Å². The minimum absolute atomic E-state index is 0.0648. The van der Waals surface area contributed by atoms with Crippen LogP contribution < -0.4 is 10.1 Å². The van der Waals surface area contributed by atoms with Crippen LogP contribution in [0.3, 0.4) is 0 Å². The van der Waals surface area contributed by atoms with Gasteiger partial charge in [-0.25, -0.2) is 0 Å². The van der Waals surface area contributed by atoms with E-state index in [4.69, 9.17) is 13.6 Å². The molecule has 3 heterocycles. The molecule has 3 aromatic heterocycles. The van der Waals surface area contributed by atoms with Gasteiger partial charge in [-0.05, 0) is 66.6 Å². The van der Waals surface area contributed by atoms with Gasteiger partial charge in [0, 0.05) is 11.6 Å². The van der Waals surface area contributed by atoms with E-state index < -0.39 is 6.04 Å². The van der Waals surface area contributed by atoms with Crippen LogP contribution in [0, 0.1) is 0 Å². The van der Waals surface area contributed by atoms with Crippen molar-refractivity contribution in [2.45, 2.75) is 57.3 Å². The Morgan fingerprint density at radius 1 is 1.08 bits per heavy atom. The third-order valence-electron chi connectivity index (χ3n) is 6.63. The van der Waals surface area contributed by atoms with Gasteiger partial charge in [0.05, 0.1) is 26.2 Å². The molecule has 11 heteroatoms. The number of carbonyl (C=O) groups excluding carboxylic acids is 2. The average Bonchev–Trinajstić information content (AvgIpc) is 3.73. The number of methoxy groups -OCH3 is 1. The zero-order chi connectivity index (χ0) is 26.3. The maximum absolute atomic E-state index is 13.7. The van der Waals surface area contributed by atoms with E-state index in [-0.39, 0.29) is 30.9 Å². The number of aromatic nitrogens is 4. The highest BCUT2D eigenvalue weighted by molar-refractivity contribution is 5.88. The van der Waals surface area contributed by atoms with Gasteiger partial charge in [0.15, 0.2) is 6.04 Å². The third-order valence-corrected chi connectivity index (χ3v) is 6.63. The van der Waals surface area contributed by atoms with Crippen molar-refractivity contribution < 1.29 is 23.2 Å². The summed E-state index contributed by atoms with van der Waals surface area (Å²) in [6, 6.07) is 13.2. The van der Waals surface area contributed by atoms with E-state index in [9.17, 15) is 9.59 Å². The lowest BCUT2D eigenvalue weighted by Gasteiger charge is -2.31. The van der Waals surface area contributed by atoms with Crippen molar-refractivity contribution in [1.82, 2.24) is 30.4 Å². The summed E-state index contributed by atoms with van der Waals surface area (Å²) in [5, 5.41) is 15.7. The van der Waals surface area contributed by atoms with Crippen molar-refractivity contribution in [3.8, 4) is 17.1 Å². The Balaban J connectivity index is 1.39. The van der Waals surface area contributed by atoms with Crippen molar-refractivity contribution in [3.63, 3.8) is 0 Å². The molecule has 1 atom stereocenters. The monoisotopic (exact) mass is 518 g/mol. The second-order valence-corrected chi connectivity index (χ2v) is 9.23. The van der Waals surface area contributed by atoms with E-state index in [1.54, 1.807) is 43.5 Å². The smallest absolute Gasteiger partial charge is 0.250 e. The van der Waals surface area contributed by atoms with E-state index in [1.165, 1.54) is 28.6 Å². The highest BCUT2D eigenvalue weighted by Crippen LogP contribution is 2.27. The standard InChI is InChI=1S/C27H30N6O5/c1-36-21-13-11-19(12-14-21)26-29-31-33(30-26)18-24(34)32(17-22-9-5-15-37-22)25(23-10-6-16-38-23)27(35)28-20-7-3-2-4-8-20/h5-6,9-16,20,25H,2-4,7-8,17-18H2,1H3,(H,28,35). The highest BCUT2D eigenvalue weighted by Gasteiger charge is 2.35. The third kappa shape index (κ3) is 5.93. The van der Waals surface area contributed by atoms with E-state index >= 15 is 0 Å². The van der Waals surface area contributed by atoms with Crippen LogP contribution in [0.5, 0.6) is 5.75 Å². The minimum Gasteiger partial charge on any atom is -0.497 e. The van der Waals surface area contributed by atoms with Crippen LogP contribution in [-0.2, 0) is 22.7 Å². The molecule has 0 bridgehead atoms. The number of nitrogens with zero attached hydrogens (tertiary/aromatic N) is 5. The summed E-state index contributed by atoms with van der Waals surface area (Å²) >= 11 is 0. The summed E-state index contributed by atoms with van der Waals surface area (Å²) in [6.07, 6.45) is 8.16. The highest BCUT2D eigenvalue weighted by atomic mass is 16.5. The topological polar surface area (TPSA) is 129 Å². The second kappa shape index (κ2) is 11.8. The first-order valence-corrected chi connectivity index (χ1v) is 12.7. The van der Waals surface area contributed by atoms with Gasteiger partial charge in [-0.3, -0.25) is 9.59 Å². The van der Waals surface area contributed by atoms with Crippen LogP contribution in [0.4, 0.5) is 0 Å². The molecule has 4 aromatic rings. The first-order valence-electron chi connectivity index (χ1n) is 12.7. The fourth-order valence-electron chi connectivity index (χ4n) is 4.67. The summed E-state index contributed by atoms with van der Waals surface area (Å²) < 4.78 is 16.4. The lowest BCUT2D eigenvalue weighted by molar-refractivity contribution is -0.143. The first-order chi connectivity index (χ1) is 18.6. The van der Waals surface area contributed by atoms with E-state index in [0.29, 0.717) is 23.1 Å². The normalized spacial score (nSPS) is 14.7. The summed E-state index contributed by atoms with van der Waals surface area (Å²) in [7, 11) is 1.59. The average molecular weight is 519 g/mol. The van der Waals surface area contributed by atoms with Crippen LogP contribution in [0.1, 0.15) is 49.7 Å². The van der Waals surface area contributed by atoms with E-state index in [0.717, 1.165) is 31.2 Å². The molecule has 1 aromatic carbocycles. The molecule has 1 aliphatic rings. The predicted octanol–water partition coefficient (Wildman–Crippen LogP) is 3.75. The molecule has 1 saturated carbocycles. The molecule has 2 amide bonds.